The zero-order chi connectivity index (χ0) is 16.5. The van der Waals surface area contributed by atoms with E-state index in [9.17, 15) is 0 Å². The van der Waals surface area contributed by atoms with Crippen LogP contribution >= 0.6 is 69.6 Å². The highest BCUT2D eigenvalue weighted by atomic mass is 35.6. The van der Waals surface area contributed by atoms with Gasteiger partial charge in [-0.3, -0.25) is 0 Å². The Morgan fingerprint density at radius 3 is 1.59 bits per heavy atom. The van der Waals surface area contributed by atoms with Gasteiger partial charge in [0.05, 0.1) is 6.61 Å². The second-order valence-corrected chi connectivity index (χ2v) is 8.72. The highest BCUT2D eigenvalue weighted by molar-refractivity contribution is 6.67. The van der Waals surface area contributed by atoms with Crippen LogP contribution in [0.25, 0.3) is 11.4 Å². The van der Waals surface area contributed by atoms with E-state index >= 15 is 0 Å². The molecule has 1 aromatic carbocycles. The first-order chi connectivity index (χ1) is 10.1. The summed E-state index contributed by atoms with van der Waals surface area (Å²) in [6.07, 6.45) is 0. The summed E-state index contributed by atoms with van der Waals surface area (Å²) in [4.78, 5) is 12.1. The summed E-state index contributed by atoms with van der Waals surface area (Å²) in [5.41, 5.74) is 1.31. The summed E-state index contributed by atoms with van der Waals surface area (Å²) < 4.78 is -3.79. The maximum absolute atomic E-state index is 9.05. The smallest absolute Gasteiger partial charge is 0.250 e. The number of alkyl halides is 6. The molecule has 0 spiro atoms. The Morgan fingerprint density at radius 2 is 1.23 bits per heavy atom. The van der Waals surface area contributed by atoms with E-state index in [1.54, 1.807) is 24.3 Å². The standard InChI is InChI=1S/C12H7Cl6N3O/c13-11(14,15)9-19-8(20-10(21-9)12(16,17)18)7-3-1-6(5-22)2-4-7/h1-4,22H,5H2. The number of rotatable bonds is 2. The Morgan fingerprint density at radius 1 is 0.773 bits per heavy atom. The Labute approximate surface area is 156 Å². The number of aliphatic hydroxyl groups excluding tert-OH is 1. The summed E-state index contributed by atoms with van der Waals surface area (Å²) in [6.45, 7) is -0.0870. The highest BCUT2D eigenvalue weighted by Gasteiger charge is 2.33. The lowest BCUT2D eigenvalue weighted by Gasteiger charge is -2.15. The first-order valence-electron chi connectivity index (χ1n) is 5.72. The van der Waals surface area contributed by atoms with Crippen LogP contribution in [-0.2, 0) is 14.2 Å². The zero-order valence-electron chi connectivity index (χ0n) is 10.6. The molecule has 4 nitrogen and oxygen atoms in total. The summed E-state index contributed by atoms with van der Waals surface area (Å²) in [5, 5.41) is 9.05. The van der Waals surface area contributed by atoms with Gasteiger partial charge >= 0.3 is 0 Å². The fraction of sp³-hybridized carbons (Fsp3) is 0.250. The third-order valence-corrected chi connectivity index (χ3v) is 3.55. The predicted molar refractivity (Wildman–Crippen MR) is 89.7 cm³/mol. The fourth-order valence-corrected chi connectivity index (χ4v) is 2.02. The number of hydrogen-bond acceptors (Lipinski definition) is 4. The SMILES string of the molecule is OCc1ccc(-c2nc(C(Cl)(Cl)Cl)nc(C(Cl)(Cl)Cl)n2)cc1. The van der Waals surface area contributed by atoms with Crippen molar-refractivity contribution < 1.29 is 5.11 Å². The van der Waals surface area contributed by atoms with Gasteiger partial charge in [0.15, 0.2) is 17.5 Å². The number of nitrogens with zero attached hydrogens (tertiary/aromatic N) is 3. The summed E-state index contributed by atoms with van der Waals surface area (Å²) in [7, 11) is 0. The van der Waals surface area contributed by atoms with Gasteiger partial charge in [0, 0.05) is 5.56 Å². The van der Waals surface area contributed by atoms with Crippen LogP contribution in [0.2, 0.25) is 0 Å². The molecule has 0 aliphatic rings. The molecule has 1 heterocycles. The molecule has 0 saturated heterocycles. The van der Waals surface area contributed by atoms with E-state index in [0.29, 0.717) is 5.56 Å². The van der Waals surface area contributed by atoms with Crippen molar-refractivity contribution in [1.82, 2.24) is 15.0 Å². The largest absolute Gasteiger partial charge is 0.392 e. The van der Waals surface area contributed by atoms with Crippen LogP contribution in [0.4, 0.5) is 0 Å². The molecule has 2 aromatic rings. The van der Waals surface area contributed by atoms with E-state index in [1.807, 2.05) is 0 Å². The van der Waals surface area contributed by atoms with Gasteiger partial charge in [-0.25, -0.2) is 15.0 Å². The maximum Gasteiger partial charge on any atom is 0.250 e. The topological polar surface area (TPSA) is 58.9 Å². The number of hydrogen-bond donors (Lipinski definition) is 1. The first-order valence-corrected chi connectivity index (χ1v) is 7.98. The minimum Gasteiger partial charge on any atom is -0.392 e. The van der Waals surface area contributed by atoms with E-state index in [2.05, 4.69) is 15.0 Å². The van der Waals surface area contributed by atoms with Crippen LogP contribution < -0.4 is 0 Å². The third-order valence-electron chi connectivity index (χ3n) is 2.54. The maximum atomic E-state index is 9.05. The average Bonchev–Trinajstić information content (AvgIpc) is 2.45. The van der Waals surface area contributed by atoms with E-state index in [-0.39, 0.29) is 24.1 Å². The Kier molecular flexibility index (Phi) is 5.66. The van der Waals surface area contributed by atoms with Crippen molar-refractivity contribution in [1.29, 1.82) is 0 Å². The van der Waals surface area contributed by atoms with Gasteiger partial charge in [-0.1, -0.05) is 93.9 Å². The molecule has 1 aromatic heterocycles. The first kappa shape index (κ1) is 18.3. The Bertz CT molecular complexity index is 634. The molecule has 118 valence electrons. The molecule has 0 fully saturated rings. The molecule has 0 radical (unpaired) electrons. The van der Waals surface area contributed by atoms with Crippen molar-refractivity contribution in [2.45, 2.75) is 14.2 Å². The molecule has 0 unspecified atom stereocenters. The molecule has 0 saturated carbocycles. The minimum absolute atomic E-state index is 0.0870. The van der Waals surface area contributed by atoms with Crippen molar-refractivity contribution in [2.75, 3.05) is 0 Å². The highest BCUT2D eigenvalue weighted by Crippen LogP contribution is 2.40. The van der Waals surface area contributed by atoms with E-state index in [1.165, 1.54) is 0 Å². The van der Waals surface area contributed by atoms with Gasteiger partial charge in [0.1, 0.15) is 0 Å². The Hall–Kier alpha value is -0.0700. The van der Waals surface area contributed by atoms with Gasteiger partial charge in [-0.15, -0.1) is 0 Å². The van der Waals surface area contributed by atoms with Crippen LogP contribution in [0.15, 0.2) is 24.3 Å². The van der Waals surface area contributed by atoms with Crippen molar-refractivity contribution in [2.24, 2.45) is 0 Å². The Balaban J connectivity index is 2.59. The number of aromatic nitrogens is 3. The second kappa shape index (κ2) is 6.81. The molecular formula is C12H7Cl6N3O. The van der Waals surface area contributed by atoms with E-state index < -0.39 is 7.59 Å². The molecule has 0 bridgehead atoms. The number of halogens is 6. The monoisotopic (exact) mass is 419 g/mol. The molecule has 0 amide bonds. The summed E-state index contributed by atoms with van der Waals surface area (Å²) in [5.74, 6) is -0.132. The second-order valence-electron chi connectivity index (χ2n) is 4.16. The van der Waals surface area contributed by atoms with Gasteiger partial charge in [-0.2, -0.15) is 0 Å². The van der Waals surface area contributed by atoms with Crippen LogP contribution in [0.3, 0.4) is 0 Å². The van der Waals surface area contributed by atoms with Gasteiger partial charge in [-0.05, 0) is 5.56 Å². The third kappa shape index (κ3) is 4.48. The molecule has 0 atom stereocenters. The normalized spacial score (nSPS) is 12.5. The molecule has 22 heavy (non-hydrogen) atoms. The minimum atomic E-state index is -1.90. The van der Waals surface area contributed by atoms with E-state index in [0.717, 1.165) is 5.56 Å². The van der Waals surface area contributed by atoms with Crippen LogP contribution in [0.5, 0.6) is 0 Å². The van der Waals surface area contributed by atoms with Gasteiger partial charge in [0.2, 0.25) is 7.59 Å². The number of benzene rings is 1. The molecule has 0 aliphatic carbocycles. The molecule has 2 rings (SSSR count). The zero-order valence-corrected chi connectivity index (χ0v) is 15.1. The quantitative estimate of drug-likeness (QED) is 0.715. The summed E-state index contributed by atoms with van der Waals surface area (Å²) >= 11 is 34.8. The lowest BCUT2D eigenvalue weighted by atomic mass is 10.1. The van der Waals surface area contributed by atoms with Crippen molar-refractivity contribution in [3.05, 3.63) is 41.5 Å². The lowest BCUT2D eigenvalue weighted by Crippen LogP contribution is -2.16. The average molecular weight is 422 g/mol. The summed E-state index contributed by atoms with van der Waals surface area (Å²) in [6, 6.07) is 6.77. The van der Waals surface area contributed by atoms with E-state index in [4.69, 9.17) is 74.7 Å². The lowest BCUT2D eigenvalue weighted by molar-refractivity contribution is 0.282. The number of aliphatic hydroxyl groups is 1. The van der Waals surface area contributed by atoms with Crippen LogP contribution in [0.1, 0.15) is 17.2 Å². The molecule has 10 heteroatoms. The fourth-order valence-electron chi connectivity index (χ4n) is 1.52. The molecular weight excluding hydrogens is 415 g/mol. The van der Waals surface area contributed by atoms with Gasteiger partial charge < -0.3 is 5.11 Å². The van der Waals surface area contributed by atoms with Crippen molar-refractivity contribution >= 4 is 69.6 Å². The van der Waals surface area contributed by atoms with Gasteiger partial charge in [0.25, 0.3) is 0 Å². The van der Waals surface area contributed by atoms with Crippen molar-refractivity contribution in [3.8, 4) is 11.4 Å². The molecule has 0 aliphatic heterocycles. The molecule has 1 N–H and O–H groups in total. The van der Waals surface area contributed by atoms with Crippen LogP contribution in [0, 0.1) is 0 Å². The van der Waals surface area contributed by atoms with Crippen LogP contribution in [-0.4, -0.2) is 20.1 Å². The van der Waals surface area contributed by atoms with Crippen molar-refractivity contribution in [3.63, 3.8) is 0 Å². The predicted octanol–water partition coefficient (Wildman–Crippen LogP) is 4.68.